The van der Waals surface area contributed by atoms with Crippen LogP contribution in [0.2, 0.25) is 0 Å². The van der Waals surface area contributed by atoms with E-state index in [0.717, 1.165) is 56.6 Å². The molecule has 1 fully saturated rings. The first-order valence-corrected chi connectivity index (χ1v) is 8.44. The van der Waals surface area contributed by atoms with E-state index < -0.39 is 0 Å². The number of allylic oxidation sites excluding steroid dienone is 1. The minimum absolute atomic E-state index is 0.0939. The zero-order valence-corrected chi connectivity index (χ0v) is 13.6. The van der Waals surface area contributed by atoms with Crippen molar-refractivity contribution >= 4 is 17.6 Å². The largest absolute Gasteiger partial charge is 0.339 e. The van der Waals surface area contributed by atoms with Crippen LogP contribution in [0.3, 0.4) is 0 Å². The third-order valence-corrected chi connectivity index (χ3v) is 4.64. The number of likely N-dealkylation sites (tertiary alicyclic amines) is 1. The number of amides is 2. The Morgan fingerprint density at radius 2 is 2.04 bits per heavy atom. The Hall–Kier alpha value is -2.11. The Morgan fingerprint density at radius 1 is 1.26 bits per heavy atom. The number of rotatable bonds is 3. The van der Waals surface area contributed by atoms with Gasteiger partial charge < -0.3 is 10.2 Å². The standard InChI is InChI=1S/C17H24N4O2/c1-13(22)19-16-7-10-18-21(16)15-8-11-20(12-9-15)17(23)14-5-3-2-4-6-14/h5,7,10,15H,2-4,6,8-9,11-12H2,1H3,(H,19,22). The quantitative estimate of drug-likeness (QED) is 0.931. The summed E-state index contributed by atoms with van der Waals surface area (Å²) in [5.74, 6) is 0.853. The van der Waals surface area contributed by atoms with E-state index in [1.807, 2.05) is 15.6 Å². The van der Waals surface area contributed by atoms with E-state index in [9.17, 15) is 9.59 Å². The lowest BCUT2D eigenvalue weighted by Gasteiger charge is -2.33. The first kappa shape index (κ1) is 15.8. The maximum Gasteiger partial charge on any atom is 0.249 e. The molecule has 1 saturated heterocycles. The molecule has 3 rings (SSSR count). The van der Waals surface area contributed by atoms with Gasteiger partial charge in [0.15, 0.2) is 0 Å². The molecule has 23 heavy (non-hydrogen) atoms. The number of nitrogens with zero attached hydrogens (tertiary/aromatic N) is 3. The summed E-state index contributed by atoms with van der Waals surface area (Å²) in [6.07, 6.45) is 9.83. The molecule has 1 aromatic heterocycles. The molecule has 0 saturated carbocycles. The Kier molecular flexibility index (Phi) is 4.79. The number of anilines is 1. The van der Waals surface area contributed by atoms with E-state index in [4.69, 9.17) is 0 Å². The third-order valence-electron chi connectivity index (χ3n) is 4.64. The SMILES string of the molecule is CC(=O)Nc1ccnn1C1CCN(C(=O)C2=CCCCC2)CC1. The molecule has 1 aliphatic heterocycles. The number of hydrogen-bond donors (Lipinski definition) is 1. The molecule has 0 bridgehead atoms. The summed E-state index contributed by atoms with van der Waals surface area (Å²) in [6.45, 7) is 3.00. The highest BCUT2D eigenvalue weighted by Crippen LogP contribution is 2.27. The molecule has 2 heterocycles. The highest BCUT2D eigenvalue weighted by atomic mass is 16.2. The molecular formula is C17H24N4O2. The molecule has 124 valence electrons. The molecular weight excluding hydrogens is 292 g/mol. The second-order valence-corrected chi connectivity index (χ2v) is 6.34. The molecule has 1 aliphatic carbocycles. The zero-order chi connectivity index (χ0) is 16.2. The van der Waals surface area contributed by atoms with Crippen LogP contribution in [0.25, 0.3) is 0 Å². The molecule has 6 heteroatoms. The van der Waals surface area contributed by atoms with Crippen LogP contribution >= 0.6 is 0 Å². The lowest BCUT2D eigenvalue weighted by Crippen LogP contribution is -2.40. The number of nitrogens with one attached hydrogen (secondary N) is 1. The molecule has 0 aromatic carbocycles. The lowest BCUT2D eigenvalue weighted by molar-refractivity contribution is -0.128. The predicted molar refractivity (Wildman–Crippen MR) is 87.9 cm³/mol. The van der Waals surface area contributed by atoms with Gasteiger partial charge in [-0.2, -0.15) is 5.10 Å². The predicted octanol–water partition coefficient (Wildman–Crippen LogP) is 2.51. The van der Waals surface area contributed by atoms with Crippen molar-refractivity contribution in [1.29, 1.82) is 0 Å². The van der Waals surface area contributed by atoms with Crippen molar-refractivity contribution in [3.63, 3.8) is 0 Å². The summed E-state index contributed by atoms with van der Waals surface area (Å²) >= 11 is 0. The van der Waals surface area contributed by atoms with Gasteiger partial charge in [0.1, 0.15) is 5.82 Å². The summed E-state index contributed by atoms with van der Waals surface area (Å²) in [5, 5.41) is 7.15. The van der Waals surface area contributed by atoms with Gasteiger partial charge in [0.2, 0.25) is 11.8 Å². The number of carbonyl (C=O) groups is 2. The summed E-state index contributed by atoms with van der Waals surface area (Å²) in [7, 11) is 0. The van der Waals surface area contributed by atoms with Gasteiger partial charge in [-0.05, 0) is 38.5 Å². The Balaban J connectivity index is 1.60. The van der Waals surface area contributed by atoms with E-state index in [-0.39, 0.29) is 17.9 Å². The van der Waals surface area contributed by atoms with Crippen LogP contribution in [-0.4, -0.2) is 39.6 Å². The van der Waals surface area contributed by atoms with Crippen molar-refractivity contribution in [2.45, 2.75) is 51.5 Å². The highest BCUT2D eigenvalue weighted by molar-refractivity contribution is 5.93. The summed E-state index contributed by atoms with van der Waals surface area (Å²) in [6, 6.07) is 2.04. The molecule has 0 atom stereocenters. The first-order valence-electron chi connectivity index (χ1n) is 8.44. The molecule has 1 N–H and O–H groups in total. The van der Waals surface area contributed by atoms with Crippen LogP contribution in [0.4, 0.5) is 5.82 Å². The van der Waals surface area contributed by atoms with E-state index in [1.165, 1.54) is 13.3 Å². The molecule has 0 radical (unpaired) electrons. The fraction of sp³-hybridized carbons (Fsp3) is 0.588. The van der Waals surface area contributed by atoms with Crippen molar-refractivity contribution in [3.8, 4) is 0 Å². The van der Waals surface area contributed by atoms with E-state index in [1.54, 1.807) is 6.20 Å². The Labute approximate surface area is 136 Å². The molecule has 2 amide bonds. The van der Waals surface area contributed by atoms with E-state index >= 15 is 0 Å². The molecule has 2 aliphatic rings. The van der Waals surface area contributed by atoms with Crippen molar-refractivity contribution < 1.29 is 9.59 Å². The van der Waals surface area contributed by atoms with Crippen molar-refractivity contribution in [2.75, 3.05) is 18.4 Å². The maximum atomic E-state index is 12.5. The number of piperidine rings is 1. The normalized spacial score (nSPS) is 19.3. The third kappa shape index (κ3) is 3.63. The van der Waals surface area contributed by atoms with Crippen LogP contribution in [-0.2, 0) is 9.59 Å². The van der Waals surface area contributed by atoms with Gasteiger partial charge in [0.05, 0.1) is 12.2 Å². The lowest BCUT2D eigenvalue weighted by atomic mass is 9.97. The zero-order valence-electron chi connectivity index (χ0n) is 13.6. The van der Waals surface area contributed by atoms with Crippen molar-refractivity contribution in [2.24, 2.45) is 0 Å². The maximum absolute atomic E-state index is 12.5. The van der Waals surface area contributed by atoms with E-state index in [2.05, 4.69) is 16.5 Å². The van der Waals surface area contributed by atoms with Gasteiger partial charge in [-0.15, -0.1) is 0 Å². The van der Waals surface area contributed by atoms with Crippen LogP contribution in [0.5, 0.6) is 0 Å². The van der Waals surface area contributed by atoms with Crippen LogP contribution in [0.15, 0.2) is 23.9 Å². The monoisotopic (exact) mass is 316 g/mol. The fourth-order valence-corrected chi connectivity index (χ4v) is 3.43. The molecule has 0 unspecified atom stereocenters. The minimum atomic E-state index is -0.0939. The van der Waals surface area contributed by atoms with Crippen molar-refractivity contribution in [3.05, 3.63) is 23.9 Å². The van der Waals surface area contributed by atoms with Crippen molar-refractivity contribution in [1.82, 2.24) is 14.7 Å². The second-order valence-electron chi connectivity index (χ2n) is 6.34. The summed E-state index contributed by atoms with van der Waals surface area (Å²) in [5.41, 5.74) is 0.993. The van der Waals surface area contributed by atoms with Crippen LogP contribution in [0, 0.1) is 0 Å². The average Bonchev–Trinajstić information content (AvgIpc) is 3.02. The average molecular weight is 316 g/mol. The summed E-state index contributed by atoms with van der Waals surface area (Å²) < 4.78 is 1.88. The van der Waals surface area contributed by atoms with E-state index in [0.29, 0.717) is 0 Å². The topological polar surface area (TPSA) is 67.2 Å². The van der Waals surface area contributed by atoms with Gasteiger partial charge in [-0.25, -0.2) is 4.68 Å². The molecule has 1 aromatic rings. The van der Waals surface area contributed by atoms with Crippen LogP contribution in [0.1, 0.15) is 51.5 Å². The first-order chi connectivity index (χ1) is 11.1. The Morgan fingerprint density at radius 3 is 2.70 bits per heavy atom. The second kappa shape index (κ2) is 6.98. The van der Waals surface area contributed by atoms with Gasteiger partial charge in [-0.3, -0.25) is 9.59 Å². The smallest absolute Gasteiger partial charge is 0.249 e. The van der Waals surface area contributed by atoms with Gasteiger partial charge >= 0.3 is 0 Å². The van der Waals surface area contributed by atoms with Gasteiger partial charge in [0.25, 0.3) is 0 Å². The Bertz CT molecular complexity index is 612. The van der Waals surface area contributed by atoms with Crippen LogP contribution < -0.4 is 5.32 Å². The fourth-order valence-electron chi connectivity index (χ4n) is 3.43. The number of aromatic nitrogens is 2. The number of hydrogen-bond acceptors (Lipinski definition) is 3. The summed E-state index contributed by atoms with van der Waals surface area (Å²) in [4.78, 5) is 25.8. The molecule has 6 nitrogen and oxygen atoms in total. The highest BCUT2D eigenvalue weighted by Gasteiger charge is 2.27. The minimum Gasteiger partial charge on any atom is -0.339 e. The molecule has 0 spiro atoms. The van der Waals surface area contributed by atoms with Gasteiger partial charge in [0, 0.05) is 31.7 Å². The van der Waals surface area contributed by atoms with Gasteiger partial charge in [-0.1, -0.05) is 6.08 Å². The number of carbonyl (C=O) groups excluding carboxylic acids is 2.